The van der Waals surface area contributed by atoms with E-state index in [-0.39, 0.29) is 22.7 Å². The Morgan fingerprint density at radius 2 is 2.29 bits per heavy atom. The molecule has 0 spiro atoms. The molecule has 21 heavy (non-hydrogen) atoms. The SMILES string of the molecule is Nc1ccn([C@]2([SiH3])O[C@H](COP(N)O)[C@@H](O)[C@H]2O)c(=O)n1. The molecule has 2 heterocycles. The zero-order chi connectivity index (χ0) is 15.8. The van der Waals surface area contributed by atoms with Crippen molar-refractivity contribution in [3.63, 3.8) is 0 Å². The highest BCUT2D eigenvalue weighted by molar-refractivity contribution is 7.43. The Hall–Kier alpha value is -0.913. The summed E-state index contributed by atoms with van der Waals surface area (Å²) in [6.45, 7) is -0.210. The predicted octanol–water partition coefficient (Wildman–Crippen LogP) is -3.88. The molecule has 1 unspecified atom stereocenters. The number of aromatic nitrogens is 2. The number of rotatable bonds is 4. The van der Waals surface area contributed by atoms with E-state index in [9.17, 15) is 15.0 Å². The van der Waals surface area contributed by atoms with Crippen molar-refractivity contribution >= 4 is 24.6 Å². The molecule has 1 aromatic rings. The Labute approximate surface area is 123 Å². The van der Waals surface area contributed by atoms with Gasteiger partial charge in [-0.2, -0.15) is 4.98 Å². The molecule has 0 aromatic carbocycles. The molecule has 5 atom stereocenters. The summed E-state index contributed by atoms with van der Waals surface area (Å²) in [6.07, 6.45) is -2.22. The van der Waals surface area contributed by atoms with Crippen LogP contribution >= 0.6 is 8.53 Å². The fourth-order valence-electron chi connectivity index (χ4n) is 2.20. The number of hydrogen-bond donors (Lipinski definition) is 5. The van der Waals surface area contributed by atoms with Crippen molar-refractivity contribution in [3.8, 4) is 0 Å². The number of nitrogens with two attached hydrogens (primary N) is 2. The number of nitrogens with zero attached hydrogens (tertiary/aromatic N) is 2. The minimum Gasteiger partial charge on any atom is -0.387 e. The highest BCUT2D eigenvalue weighted by Gasteiger charge is 2.52. The maximum Gasteiger partial charge on any atom is 0.351 e. The van der Waals surface area contributed by atoms with Crippen molar-refractivity contribution in [2.45, 2.75) is 23.7 Å². The summed E-state index contributed by atoms with van der Waals surface area (Å²) >= 11 is 0. The highest BCUT2D eigenvalue weighted by Crippen LogP contribution is 2.33. The standard InChI is InChI=1S/C9H17N4O6PSi/c10-5-1-2-13(8(16)12-5)9(21)7(15)6(14)4(19-9)3-18-20(11)17/h1-2,4,6-7,14-15,17H,3,11H2,21H3,(H2,10,12,16)/t4-,6-,7-,9+,20?/m1/s1. The zero-order valence-corrected chi connectivity index (χ0v) is 14.1. The smallest absolute Gasteiger partial charge is 0.351 e. The molecule has 1 aliphatic heterocycles. The van der Waals surface area contributed by atoms with Gasteiger partial charge in [0.2, 0.25) is 8.53 Å². The van der Waals surface area contributed by atoms with E-state index < -0.39 is 37.9 Å². The van der Waals surface area contributed by atoms with Crippen LogP contribution in [-0.2, 0) is 14.6 Å². The Balaban J connectivity index is 2.28. The number of anilines is 1. The van der Waals surface area contributed by atoms with Crippen LogP contribution < -0.4 is 16.9 Å². The molecule has 1 saturated heterocycles. The van der Waals surface area contributed by atoms with Gasteiger partial charge in [-0.3, -0.25) is 10.1 Å². The van der Waals surface area contributed by atoms with Gasteiger partial charge in [0, 0.05) is 6.20 Å². The average Bonchev–Trinajstić information content (AvgIpc) is 2.61. The Morgan fingerprint density at radius 1 is 1.62 bits per heavy atom. The van der Waals surface area contributed by atoms with Crippen molar-refractivity contribution in [3.05, 3.63) is 22.7 Å². The van der Waals surface area contributed by atoms with Gasteiger partial charge in [0.1, 0.15) is 24.1 Å². The minimum atomic E-state index is -2.10. The first-order chi connectivity index (χ1) is 9.75. The van der Waals surface area contributed by atoms with Crippen molar-refractivity contribution in [2.24, 2.45) is 5.50 Å². The largest absolute Gasteiger partial charge is 0.387 e. The first-order valence-corrected chi connectivity index (χ1v) is 8.30. The highest BCUT2D eigenvalue weighted by atomic mass is 31.2. The predicted molar refractivity (Wildman–Crippen MR) is 77.0 cm³/mol. The maximum absolute atomic E-state index is 11.9. The van der Waals surface area contributed by atoms with Crippen LogP contribution in [0.15, 0.2) is 17.1 Å². The minimum absolute atomic E-state index is 0.0449. The van der Waals surface area contributed by atoms with Crippen LogP contribution in [0, 0.1) is 0 Å². The summed E-state index contributed by atoms with van der Waals surface area (Å²) in [6, 6.07) is 1.39. The summed E-state index contributed by atoms with van der Waals surface area (Å²) < 4.78 is 11.5. The third-order valence-electron chi connectivity index (χ3n) is 3.32. The molecular weight excluding hydrogens is 319 g/mol. The Bertz CT molecular complexity index is 573. The lowest BCUT2D eigenvalue weighted by atomic mass is 10.1. The number of aliphatic hydroxyl groups excluding tert-OH is 2. The number of ether oxygens (including phenoxy) is 1. The zero-order valence-electron chi connectivity index (χ0n) is 11.2. The fraction of sp³-hybridized carbons (Fsp3) is 0.556. The van der Waals surface area contributed by atoms with Crippen LogP contribution in [0.3, 0.4) is 0 Å². The van der Waals surface area contributed by atoms with Crippen LogP contribution in [0.2, 0.25) is 0 Å². The van der Waals surface area contributed by atoms with Gasteiger partial charge in [-0.15, -0.1) is 0 Å². The fourth-order valence-corrected chi connectivity index (χ4v) is 3.49. The second-order valence-corrected chi connectivity index (χ2v) is 7.05. The van der Waals surface area contributed by atoms with Gasteiger partial charge in [0.05, 0.1) is 16.8 Å². The molecule has 2 rings (SSSR count). The van der Waals surface area contributed by atoms with E-state index in [0.29, 0.717) is 0 Å². The van der Waals surface area contributed by atoms with Gasteiger partial charge in [0.25, 0.3) is 0 Å². The molecular formula is C9H17N4O6PSi. The van der Waals surface area contributed by atoms with Crippen LogP contribution in [-0.4, -0.2) is 59.8 Å². The van der Waals surface area contributed by atoms with E-state index >= 15 is 0 Å². The number of nitrogen functional groups attached to an aromatic ring is 1. The molecule has 0 amide bonds. The molecule has 1 aliphatic rings. The normalized spacial score (nSPS) is 34.2. The Kier molecular flexibility index (Phi) is 4.75. The van der Waals surface area contributed by atoms with Crippen molar-refractivity contribution in [1.29, 1.82) is 0 Å². The lowest BCUT2D eigenvalue weighted by molar-refractivity contribution is -0.0864. The molecule has 10 nitrogen and oxygen atoms in total. The summed E-state index contributed by atoms with van der Waals surface area (Å²) in [5.41, 5.74) is 9.82. The molecule has 1 fully saturated rings. The van der Waals surface area contributed by atoms with Gasteiger partial charge in [0.15, 0.2) is 5.35 Å². The van der Waals surface area contributed by atoms with Crippen LogP contribution in [0.4, 0.5) is 5.82 Å². The second-order valence-electron chi connectivity index (χ2n) is 4.75. The molecule has 0 aliphatic carbocycles. The third kappa shape index (κ3) is 3.15. The molecule has 12 heteroatoms. The number of aliphatic hydroxyl groups is 2. The van der Waals surface area contributed by atoms with E-state index in [1.54, 1.807) is 0 Å². The van der Waals surface area contributed by atoms with E-state index in [4.69, 9.17) is 25.4 Å². The molecule has 0 radical (unpaired) electrons. The van der Waals surface area contributed by atoms with E-state index in [1.165, 1.54) is 12.3 Å². The van der Waals surface area contributed by atoms with E-state index in [2.05, 4.69) is 4.98 Å². The molecule has 118 valence electrons. The van der Waals surface area contributed by atoms with E-state index in [0.717, 1.165) is 4.57 Å². The van der Waals surface area contributed by atoms with Gasteiger partial charge >= 0.3 is 5.69 Å². The first kappa shape index (κ1) is 16.5. The van der Waals surface area contributed by atoms with Crippen molar-refractivity contribution in [1.82, 2.24) is 9.55 Å². The lowest BCUT2D eigenvalue weighted by Crippen LogP contribution is -2.51. The lowest BCUT2D eigenvalue weighted by Gasteiger charge is -2.30. The topological polar surface area (TPSA) is 166 Å². The van der Waals surface area contributed by atoms with Gasteiger partial charge < -0.3 is 30.1 Å². The number of hydrogen-bond acceptors (Lipinski definition) is 9. The summed E-state index contributed by atoms with van der Waals surface area (Å²) in [4.78, 5) is 24.4. The molecule has 1 aromatic heterocycles. The van der Waals surface area contributed by atoms with Gasteiger partial charge in [-0.25, -0.2) is 4.79 Å². The third-order valence-corrected chi connectivity index (χ3v) is 5.04. The summed E-state index contributed by atoms with van der Waals surface area (Å²) in [5, 5.41) is 18.8. The summed E-state index contributed by atoms with van der Waals surface area (Å²) in [7, 11) is -1.92. The average molecular weight is 336 g/mol. The molecule has 7 N–H and O–H groups in total. The van der Waals surface area contributed by atoms with Gasteiger partial charge in [-0.1, -0.05) is 0 Å². The quantitative estimate of drug-likeness (QED) is 0.273. The van der Waals surface area contributed by atoms with Crippen LogP contribution in [0.25, 0.3) is 0 Å². The van der Waals surface area contributed by atoms with Crippen molar-refractivity contribution < 1.29 is 24.4 Å². The summed E-state index contributed by atoms with van der Waals surface area (Å²) in [5.74, 6) is 0.0449. The first-order valence-electron chi connectivity index (χ1n) is 6.02. The van der Waals surface area contributed by atoms with Gasteiger partial charge in [-0.05, 0) is 6.07 Å². The monoisotopic (exact) mass is 336 g/mol. The second kappa shape index (κ2) is 6.06. The maximum atomic E-state index is 11.9. The van der Waals surface area contributed by atoms with Crippen LogP contribution in [0.5, 0.6) is 0 Å². The Morgan fingerprint density at radius 3 is 2.86 bits per heavy atom. The van der Waals surface area contributed by atoms with E-state index in [1.807, 2.05) is 0 Å². The molecule has 0 saturated carbocycles. The van der Waals surface area contributed by atoms with Crippen LogP contribution in [0.1, 0.15) is 0 Å². The van der Waals surface area contributed by atoms with Crippen molar-refractivity contribution in [2.75, 3.05) is 12.3 Å². The molecule has 0 bridgehead atoms.